The molecule has 1 aromatic heterocycles. The highest BCUT2D eigenvalue weighted by atomic mass is 32.1. The number of hydrogen-bond acceptors (Lipinski definition) is 4. The zero-order chi connectivity index (χ0) is 11.5. The Morgan fingerprint density at radius 1 is 1.44 bits per heavy atom. The molecular formula is C12H10N2OS. The first kappa shape index (κ1) is 10.7. The summed E-state index contributed by atoms with van der Waals surface area (Å²) in [5, 5.41) is 8.93. The highest BCUT2D eigenvalue weighted by molar-refractivity contribution is 7.10. The lowest BCUT2D eigenvalue weighted by molar-refractivity contribution is 0.412. The average molecular weight is 230 g/mol. The zero-order valence-corrected chi connectivity index (χ0v) is 9.84. The van der Waals surface area contributed by atoms with Gasteiger partial charge in [-0.2, -0.15) is 5.26 Å². The quantitative estimate of drug-likeness (QED) is 0.796. The van der Waals surface area contributed by atoms with E-state index in [-0.39, 0.29) is 0 Å². The van der Waals surface area contributed by atoms with E-state index in [4.69, 9.17) is 10.00 Å². The molecule has 0 N–H and O–H groups in total. The minimum atomic E-state index is 0.643. The maximum absolute atomic E-state index is 8.93. The lowest BCUT2D eigenvalue weighted by atomic mass is 10.1. The van der Waals surface area contributed by atoms with Gasteiger partial charge in [0.2, 0.25) is 0 Å². The highest BCUT2D eigenvalue weighted by Gasteiger charge is 2.09. The summed E-state index contributed by atoms with van der Waals surface area (Å²) in [4.78, 5) is 4.85. The van der Waals surface area contributed by atoms with Crippen molar-refractivity contribution in [2.45, 2.75) is 6.92 Å². The van der Waals surface area contributed by atoms with Gasteiger partial charge in [0, 0.05) is 5.56 Å². The van der Waals surface area contributed by atoms with E-state index in [9.17, 15) is 0 Å². The van der Waals surface area contributed by atoms with Gasteiger partial charge in [0.25, 0.3) is 0 Å². The van der Waals surface area contributed by atoms with Crippen LogP contribution in [0.3, 0.4) is 0 Å². The minimum Gasteiger partial charge on any atom is -0.496 e. The number of nitriles is 1. The Labute approximate surface area is 97.9 Å². The van der Waals surface area contributed by atoms with E-state index < -0.39 is 0 Å². The van der Waals surface area contributed by atoms with Crippen molar-refractivity contribution < 1.29 is 4.74 Å². The van der Waals surface area contributed by atoms with Crippen molar-refractivity contribution in [2.75, 3.05) is 7.11 Å². The molecule has 0 aliphatic heterocycles. The normalized spacial score (nSPS) is 9.81. The van der Waals surface area contributed by atoms with Crippen molar-refractivity contribution in [2.24, 2.45) is 0 Å². The van der Waals surface area contributed by atoms with Crippen LogP contribution in [-0.4, -0.2) is 12.1 Å². The number of ether oxygens (including phenoxy) is 1. The van der Waals surface area contributed by atoms with Crippen molar-refractivity contribution in [3.05, 3.63) is 34.2 Å². The molecule has 2 rings (SSSR count). The Morgan fingerprint density at radius 2 is 2.25 bits per heavy atom. The first-order valence-electron chi connectivity index (χ1n) is 4.75. The first-order valence-corrected chi connectivity index (χ1v) is 5.63. The second-order valence-corrected chi connectivity index (χ2v) is 4.18. The molecule has 0 aliphatic carbocycles. The molecule has 3 nitrogen and oxygen atoms in total. The van der Waals surface area contributed by atoms with Gasteiger partial charge in [0.1, 0.15) is 16.7 Å². The number of rotatable bonds is 2. The van der Waals surface area contributed by atoms with E-state index in [0.717, 1.165) is 22.6 Å². The van der Waals surface area contributed by atoms with E-state index in [2.05, 4.69) is 11.1 Å². The van der Waals surface area contributed by atoms with Gasteiger partial charge in [-0.15, -0.1) is 11.3 Å². The Bertz CT molecular complexity index is 554. The summed E-state index contributed by atoms with van der Waals surface area (Å²) in [6, 6.07) is 7.94. The Balaban J connectivity index is 2.50. The summed E-state index contributed by atoms with van der Waals surface area (Å²) in [6.45, 7) is 1.97. The summed E-state index contributed by atoms with van der Waals surface area (Å²) >= 11 is 1.36. The monoisotopic (exact) mass is 230 g/mol. The molecule has 0 amide bonds. The molecule has 1 aromatic carbocycles. The molecule has 0 fully saturated rings. The number of nitrogens with zero attached hydrogens (tertiary/aromatic N) is 2. The van der Waals surface area contributed by atoms with Crippen molar-refractivity contribution >= 4 is 11.3 Å². The van der Waals surface area contributed by atoms with E-state index in [1.165, 1.54) is 11.3 Å². The van der Waals surface area contributed by atoms with Gasteiger partial charge >= 0.3 is 0 Å². The number of methoxy groups -OCH3 is 1. The van der Waals surface area contributed by atoms with E-state index in [1.54, 1.807) is 12.6 Å². The third-order valence-electron chi connectivity index (χ3n) is 2.34. The van der Waals surface area contributed by atoms with Crippen molar-refractivity contribution in [1.82, 2.24) is 4.98 Å². The van der Waals surface area contributed by atoms with Gasteiger partial charge in [-0.3, -0.25) is 0 Å². The van der Waals surface area contributed by atoms with Crippen LogP contribution in [0.2, 0.25) is 0 Å². The SMILES string of the molecule is COc1ccc(-c2ncsc2C#N)cc1C. The van der Waals surface area contributed by atoms with Gasteiger partial charge < -0.3 is 4.74 Å². The Hall–Kier alpha value is -1.86. The van der Waals surface area contributed by atoms with E-state index >= 15 is 0 Å². The zero-order valence-electron chi connectivity index (χ0n) is 9.02. The molecule has 1 heterocycles. The fourth-order valence-corrected chi connectivity index (χ4v) is 2.16. The smallest absolute Gasteiger partial charge is 0.132 e. The molecule has 0 atom stereocenters. The summed E-state index contributed by atoms with van der Waals surface area (Å²) in [5.74, 6) is 0.845. The number of hydrogen-bond donors (Lipinski definition) is 0. The topological polar surface area (TPSA) is 45.9 Å². The molecular weight excluding hydrogens is 220 g/mol. The van der Waals surface area contributed by atoms with E-state index in [1.807, 2.05) is 25.1 Å². The largest absolute Gasteiger partial charge is 0.496 e. The number of aromatic nitrogens is 1. The summed E-state index contributed by atoms with van der Waals surface area (Å²) in [6.07, 6.45) is 0. The van der Waals surface area contributed by atoms with E-state index in [0.29, 0.717) is 4.88 Å². The Morgan fingerprint density at radius 3 is 2.88 bits per heavy atom. The van der Waals surface area contributed by atoms with Crippen LogP contribution >= 0.6 is 11.3 Å². The molecule has 0 saturated heterocycles. The molecule has 0 bridgehead atoms. The number of aryl methyl sites for hydroxylation is 1. The standard InChI is InChI=1S/C12H10N2OS/c1-8-5-9(3-4-10(8)15-2)12-11(6-13)16-7-14-12/h3-5,7H,1-2H3. The summed E-state index contributed by atoms with van der Waals surface area (Å²) in [7, 11) is 1.64. The van der Waals surface area contributed by atoms with Gasteiger partial charge in [0.15, 0.2) is 0 Å². The molecule has 0 saturated carbocycles. The molecule has 4 heteroatoms. The van der Waals surface area contributed by atoms with Crippen LogP contribution in [0.4, 0.5) is 0 Å². The van der Waals surface area contributed by atoms with Gasteiger partial charge in [-0.25, -0.2) is 4.98 Å². The number of thiazole rings is 1. The molecule has 0 radical (unpaired) electrons. The van der Waals surface area contributed by atoms with Crippen molar-refractivity contribution in [1.29, 1.82) is 5.26 Å². The molecule has 80 valence electrons. The van der Waals surface area contributed by atoms with Crippen LogP contribution in [0.25, 0.3) is 11.3 Å². The van der Waals surface area contributed by atoms with Gasteiger partial charge in [-0.05, 0) is 30.7 Å². The van der Waals surface area contributed by atoms with Gasteiger partial charge in [-0.1, -0.05) is 0 Å². The highest BCUT2D eigenvalue weighted by Crippen LogP contribution is 2.28. The van der Waals surface area contributed by atoms with Crippen LogP contribution in [0.1, 0.15) is 10.4 Å². The predicted octanol–water partition coefficient (Wildman–Crippen LogP) is 3.00. The van der Waals surface area contributed by atoms with Crippen LogP contribution < -0.4 is 4.74 Å². The molecule has 0 spiro atoms. The van der Waals surface area contributed by atoms with Crippen molar-refractivity contribution in [3.8, 4) is 23.1 Å². The summed E-state index contributed by atoms with van der Waals surface area (Å²) in [5.41, 5.74) is 4.43. The lowest BCUT2D eigenvalue weighted by Crippen LogP contribution is -1.88. The fourth-order valence-electron chi connectivity index (χ4n) is 1.56. The summed E-state index contributed by atoms with van der Waals surface area (Å²) < 4.78 is 5.19. The minimum absolute atomic E-state index is 0.643. The predicted molar refractivity (Wildman–Crippen MR) is 63.6 cm³/mol. The van der Waals surface area contributed by atoms with Crippen molar-refractivity contribution in [3.63, 3.8) is 0 Å². The molecule has 0 unspecified atom stereocenters. The fraction of sp³-hybridized carbons (Fsp3) is 0.167. The lowest BCUT2D eigenvalue weighted by Gasteiger charge is -2.05. The number of benzene rings is 1. The molecule has 16 heavy (non-hydrogen) atoms. The van der Waals surface area contributed by atoms with Crippen LogP contribution in [0.15, 0.2) is 23.7 Å². The maximum atomic E-state index is 8.93. The molecule has 2 aromatic rings. The average Bonchev–Trinajstić information content (AvgIpc) is 2.77. The third-order valence-corrected chi connectivity index (χ3v) is 3.07. The first-order chi connectivity index (χ1) is 7.76. The van der Waals surface area contributed by atoms with Gasteiger partial charge in [0.05, 0.1) is 18.3 Å². The molecule has 0 aliphatic rings. The second-order valence-electron chi connectivity index (χ2n) is 3.33. The van der Waals surface area contributed by atoms with Crippen LogP contribution in [0, 0.1) is 18.3 Å². The maximum Gasteiger partial charge on any atom is 0.132 e. The van der Waals surface area contributed by atoms with Crippen LogP contribution in [-0.2, 0) is 0 Å². The third kappa shape index (κ3) is 1.77. The Kier molecular flexibility index (Phi) is 2.88. The second kappa shape index (κ2) is 4.33. The van der Waals surface area contributed by atoms with Crippen LogP contribution in [0.5, 0.6) is 5.75 Å².